The lowest BCUT2D eigenvalue weighted by molar-refractivity contribution is -0.302. The van der Waals surface area contributed by atoms with E-state index in [1.165, 1.54) is 128 Å². The molecule has 1 amide bonds. The first kappa shape index (κ1) is 76.1. The van der Waals surface area contributed by atoms with E-state index in [-0.39, 0.29) is 18.9 Å². The Morgan fingerprint density at radius 2 is 0.768 bits per heavy atom. The fourth-order valence-corrected chi connectivity index (χ4v) is 9.49. The van der Waals surface area contributed by atoms with Crippen molar-refractivity contribution in [2.75, 3.05) is 13.2 Å². The van der Waals surface area contributed by atoms with Crippen LogP contribution in [0.5, 0.6) is 0 Å². The van der Waals surface area contributed by atoms with Crippen LogP contribution in [0.25, 0.3) is 0 Å². The standard InChI is InChI=1S/C73H121NO8/c1-3-5-7-9-11-13-15-17-19-21-23-25-27-29-31-32-33-34-35-36-37-39-41-43-45-47-49-51-53-55-57-59-61-63-69(77)74-66(65-81-73-72(80)71(79)70(78)68(64-75)82-73)67(76)62-60-58-56-54-52-50-48-46-44-42-40-38-30-28-26-24-22-20-18-16-14-12-10-8-6-4-2/h5,7,11,13,17,19,23,25,29,31,33-34,36-37,41,43,47,49,52-55,60,62,66-68,70-73,75-76,78-80H,3-4,6,8-10,12,14-16,18,20-22,24,26-28,30,32,35,38-40,42,44-46,48,50-51,56-59,61,63-65H2,1-2H3,(H,74,77)/b7-5-,13-11-,19-17-,25-23-,31-29-,34-33-,37-36-,43-41-,49-47-,54-52+,55-53-,62-60+. The van der Waals surface area contributed by atoms with Crippen molar-refractivity contribution >= 4 is 5.91 Å². The third-order valence-corrected chi connectivity index (χ3v) is 14.6. The Labute approximate surface area is 502 Å². The molecule has 1 aliphatic heterocycles. The van der Waals surface area contributed by atoms with Crippen LogP contribution in [0.15, 0.2) is 146 Å². The Morgan fingerprint density at radius 3 is 1.17 bits per heavy atom. The molecule has 9 heteroatoms. The molecule has 7 unspecified atom stereocenters. The summed E-state index contributed by atoms with van der Waals surface area (Å²) in [4.78, 5) is 13.1. The molecule has 1 aliphatic rings. The summed E-state index contributed by atoms with van der Waals surface area (Å²) < 4.78 is 11.3. The van der Waals surface area contributed by atoms with Gasteiger partial charge in [0.25, 0.3) is 0 Å². The third-order valence-electron chi connectivity index (χ3n) is 14.6. The predicted molar refractivity (Wildman–Crippen MR) is 350 cm³/mol. The van der Waals surface area contributed by atoms with Gasteiger partial charge in [0.15, 0.2) is 6.29 Å². The largest absolute Gasteiger partial charge is 0.394 e. The molecule has 0 bridgehead atoms. The van der Waals surface area contributed by atoms with E-state index in [0.29, 0.717) is 6.42 Å². The summed E-state index contributed by atoms with van der Waals surface area (Å²) in [6.45, 7) is 3.63. The fraction of sp³-hybridized carbons (Fsp3) is 0.658. The molecule has 0 aliphatic carbocycles. The van der Waals surface area contributed by atoms with Gasteiger partial charge < -0.3 is 40.3 Å². The van der Waals surface area contributed by atoms with Gasteiger partial charge in [0.05, 0.1) is 25.4 Å². The molecule has 1 saturated heterocycles. The first-order valence-corrected chi connectivity index (χ1v) is 33.1. The summed E-state index contributed by atoms with van der Waals surface area (Å²) in [5, 5.41) is 54.6. The Bertz CT molecular complexity index is 1800. The van der Waals surface area contributed by atoms with Gasteiger partial charge in [-0.25, -0.2) is 0 Å². The highest BCUT2D eigenvalue weighted by molar-refractivity contribution is 5.76. The zero-order valence-electron chi connectivity index (χ0n) is 51.9. The number of rotatable bonds is 55. The van der Waals surface area contributed by atoms with Gasteiger partial charge in [-0.1, -0.05) is 282 Å². The molecule has 1 heterocycles. The van der Waals surface area contributed by atoms with Crippen molar-refractivity contribution in [1.29, 1.82) is 0 Å². The van der Waals surface area contributed by atoms with Gasteiger partial charge in [0.2, 0.25) is 5.91 Å². The zero-order valence-corrected chi connectivity index (χ0v) is 51.9. The summed E-state index contributed by atoms with van der Waals surface area (Å²) in [5.74, 6) is -0.233. The lowest BCUT2D eigenvalue weighted by Gasteiger charge is -2.40. The lowest BCUT2D eigenvalue weighted by atomic mass is 9.99. The molecule has 6 N–H and O–H groups in total. The molecule has 0 aromatic rings. The van der Waals surface area contributed by atoms with Crippen LogP contribution in [0.3, 0.4) is 0 Å². The maximum absolute atomic E-state index is 13.1. The fourth-order valence-electron chi connectivity index (χ4n) is 9.49. The Hall–Kier alpha value is -3.93. The van der Waals surface area contributed by atoms with Gasteiger partial charge in [-0.15, -0.1) is 0 Å². The van der Waals surface area contributed by atoms with Gasteiger partial charge in [0.1, 0.15) is 24.4 Å². The van der Waals surface area contributed by atoms with Gasteiger partial charge in [0, 0.05) is 6.42 Å². The normalized spacial score (nSPS) is 19.3. The summed E-state index contributed by atoms with van der Waals surface area (Å²) >= 11 is 0. The lowest BCUT2D eigenvalue weighted by Crippen LogP contribution is -2.60. The van der Waals surface area contributed by atoms with E-state index in [0.717, 1.165) is 96.3 Å². The molecule has 0 radical (unpaired) electrons. The summed E-state index contributed by atoms with van der Waals surface area (Å²) in [7, 11) is 0. The number of ether oxygens (including phenoxy) is 2. The summed E-state index contributed by atoms with van der Waals surface area (Å²) in [6, 6.07) is -0.858. The molecular formula is C73H121NO8. The number of carbonyl (C=O) groups excluding carboxylic acids is 1. The second-order valence-corrected chi connectivity index (χ2v) is 22.2. The number of amides is 1. The highest BCUT2D eigenvalue weighted by Crippen LogP contribution is 2.23. The minimum Gasteiger partial charge on any atom is -0.394 e. The second kappa shape index (κ2) is 60.2. The van der Waals surface area contributed by atoms with Crippen LogP contribution in [0.2, 0.25) is 0 Å². The zero-order chi connectivity index (χ0) is 59.3. The number of hydrogen-bond donors (Lipinski definition) is 6. The van der Waals surface area contributed by atoms with Crippen LogP contribution < -0.4 is 5.32 Å². The van der Waals surface area contributed by atoms with Crippen LogP contribution in [-0.4, -0.2) is 87.5 Å². The monoisotopic (exact) mass is 1140 g/mol. The number of aliphatic hydroxyl groups excluding tert-OH is 5. The van der Waals surface area contributed by atoms with Gasteiger partial charge in [-0.3, -0.25) is 4.79 Å². The molecule has 1 rings (SSSR count). The average Bonchev–Trinajstić information content (AvgIpc) is 3.57. The summed E-state index contributed by atoms with van der Waals surface area (Å²) in [6.07, 6.45) is 86.5. The molecule has 7 atom stereocenters. The van der Waals surface area contributed by atoms with E-state index >= 15 is 0 Å². The van der Waals surface area contributed by atoms with Crippen LogP contribution in [0.4, 0.5) is 0 Å². The average molecular weight is 1140 g/mol. The molecule has 0 aromatic carbocycles. The van der Waals surface area contributed by atoms with Crippen LogP contribution >= 0.6 is 0 Å². The second-order valence-electron chi connectivity index (χ2n) is 22.2. The maximum atomic E-state index is 13.1. The number of hydrogen-bond acceptors (Lipinski definition) is 8. The van der Waals surface area contributed by atoms with Crippen molar-refractivity contribution < 1.29 is 39.8 Å². The molecular weight excluding hydrogens is 1020 g/mol. The smallest absolute Gasteiger partial charge is 0.220 e. The third kappa shape index (κ3) is 48.4. The quantitative estimate of drug-likeness (QED) is 0.0261. The SMILES string of the molecule is CC/C=C\C/C=C\C/C=C\C/C=C\C/C=C\C/C=C\C/C=C\C/C=C\C/C=C\C/C=C\CCCCC(=O)NC(COC1OC(CO)C(O)C(O)C1O)C(O)/C=C/CC/C=C/CCCCCCCCCCCCCCCCCCCCCC. The highest BCUT2D eigenvalue weighted by atomic mass is 16.7. The minimum atomic E-state index is -1.59. The molecule has 0 aromatic heterocycles. The van der Waals surface area contributed by atoms with Crippen LogP contribution in [-0.2, 0) is 14.3 Å². The number of carbonyl (C=O) groups is 1. The van der Waals surface area contributed by atoms with E-state index in [2.05, 4.69) is 153 Å². The Morgan fingerprint density at radius 1 is 0.427 bits per heavy atom. The predicted octanol–water partition coefficient (Wildman–Crippen LogP) is 17.8. The highest BCUT2D eigenvalue weighted by Gasteiger charge is 2.44. The topological polar surface area (TPSA) is 149 Å². The molecule has 0 saturated carbocycles. The number of allylic oxidation sites excluding steroid dienone is 23. The first-order valence-electron chi connectivity index (χ1n) is 33.1. The van der Waals surface area contributed by atoms with E-state index in [4.69, 9.17) is 9.47 Å². The van der Waals surface area contributed by atoms with Crippen molar-refractivity contribution in [3.63, 3.8) is 0 Å². The van der Waals surface area contributed by atoms with Crippen molar-refractivity contribution in [3.8, 4) is 0 Å². The number of unbranched alkanes of at least 4 members (excludes halogenated alkanes) is 23. The summed E-state index contributed by atoms with van der Waals surface area (Å²) in [5.41, 5.74) is 0. The van der Waals surface area contributed by atoms with Gasteiger partial charge in [-0.2, -0.15) is 0 Å². The van der Waals surface area contributed by atoms with Crippen LogP contribution in [0, 0.1) is 0 Å². The van der Waals surface area contributed by atoms with Gasteiger partial charge >= 0.3 is 0 Å². The maximum Gasteiger partial charge on any atom is 0.220 e. The van der Waals surface area contributed by atoms with Crippen molar-refractivity contribution in [3.05, 3.63) is 146 Å². The Balaban J connectivity index is 2.26. The van der Waals surface area contributed by atoms with Gasteiger partial charge in [-0.05, 0) is 109 Å². The molecule has 466 valence electrons. The van der Waals surface area contributed by atoms with Crippen LogP contribution in [0.1, 0.15) is 251 Å². The molecule has 0 spiro atoms. The number of nitrogens with one attached hydrogen (secondary N) is 1. The van der Waals surface area contributed by atoms with Crippen molar-refractivity contribution in [2.45, 2.75) is 294 Å². The Kier molecular flexibility index (Phi) is 55.9. The minimum absolute atomic E-state index is 0.228. The van der Waals surface area contributed by atoms with E-state index in [1.807, 2.05) is 6.08 Å². The van der Waals surface area contributed by atoms with E-state index in [1.54, 1.807) is 6.08 Å². The van der Waals surface area contributed by atoms with Crippen molar-refractivity contribution in [2.24, 2.45) is 0 Å². The van der Waals surface area contributed by atoms with E-state index < -0.39 is 49.5 Å². The number of aliphatic hydroxyl groups is 5. The van der Waals surface area contributed by atoms with E-state index in [9.17, 15) is 30.3 Å². The van der Waals surface area contributed by atoms with Crippen molar-refractivity contribution in [1.82, 2.24) is 5.32 Å². The molecule has 9 nitrogen and oxygen atoms in total. The molecule has 82 heavy (non-hydrogen) atoms. The first-order chi connectivity index (χ1) is 40.3. The molecule has 1 fully saturated rings.